The van der Waals surface area contributed by atoms with Crippen molar-refractivity contribution in [2.45, 2.75) is 37.8 Å². The summed E-state index contributed by atoms with van der Waals surface area (Å²) in [4.78, 5) is 19.1. The molecule has 1 N–H and O–H groups in total. The van der Waals surface area contributed by atoms with Gasteiger partial charge in [-0.3, -0.25) is 9.69 Å². The molecule has 0 bridgehead atoms. The molecule has 1 aromatic carbocycles. The third kappa shape index (κ3) is 6.71. The molecule has 2 atom stereocenters. The maximum atomic E-state index is 12.3. The number of rotatable bonds is 9. The van der Waals surface area contributed by atoms with Crippen molar-refractivity contribution in [1.82, 2.24) is 20.0 Å². The van der Waals surface area contributed by atoms with Crippen LogP contribution in [0, 0.1) is 0 Å². The van der Waals surface area contributed by atoms with Crippen LogP contribution in [0.4, 0.5) is 0 Å². The van der Waals surface area contributed by atoms with Crippen molar-refractivity contribution < 1.29 is 4.79 Å². The SMILES string of the molecule is CN(CC[C@@H]1CCCCN1C)CC(=O)NC[C@H](c1ccccc1)N(C)C. The number of likely N-dealkylation sites (tertiary alicyclic amines) is 1. The fourth-order valence-corrected chi connectivity index (χ4v) is 3.74. The predicted molar refractivity (Wildman–Crippen MR) is 108 cm³/mol. The van der Waals surface area contributed by atoms with E-state index in [-0.39, 0.29) is 11.9 Å². The van der Waals surface area contributed by atoms with E-state index in [1.165, 1.54) is 31.4 Å². The Labute approximate surface area is 159 Å². The van der Waals surface area contributed by atoms with Crippen molar-refractivity contribution in [3.8, 4) is 0 Å². The first kappa shape index (κ1) is 20.9. The van der Waals surface area contributed by atoms with Crippen LogP contribution in [0.25, 0.3) is 0 Å². The molecule has 1 aliphatic rings. The summed E-state index contributed by atoms with van der Waals surface area (Å²) < 4.78 is 0. The number of piperidine rings is 1. The zero-order valence-corrected chi connectivity index (χ0v) is 16.9. The highest BCUT2D eigenvalue weighted by Gasteiger charge is 2.20. The second-order valence-electron chi connectivity index (χ2n) is 7.85. The molecule has 1 aromatic rings. The maximum Gasteiger partial charge on any atom is 0.234 e. The third-order valence-corrected chi connectivity index (χ3v) is 5.48. The lowest BCUT2D eigenvalue weighted by Gasteiger charge is -2.33. The highest BCUT2D eigenvalue weighted by atomic mass is 16.2. The van der Waals surface area contributed by atoms with Gasteiger partial charge in [0.1, 0.15) is 0 Å². The van der Waals surface area contributed by atoms with Gasteiger partial charge in [-0.1, -0.05) is 36.8 Å². The van der Waals surface area contributed by atoms with E-state index in [1.54, 1.807) is 0 Å². The Morgan fingerprint density at radius 3 is 2.62 bits per heavy atom. The maximum absolute atomic E-state index is 12.3. The van der Waals surface area contributed by atoms with E-state index in [4.69, 9.17) is 0 Å². The number of carbonyl (C=O) groups excluding carboxylic acids is 1. The van der Waals surface area contributed by atoms with E-state index < -0.39 is 0 Å². The van der Waals surface area contributed by atoms with Crippen molar-refractivity contribution in [2.24, 2.45) is 0 Å². The smallest absolute Gasteiger partial charge is 0.234 e. The first-order chi connectivity index (χ1) is 12.5. The van der Waals surface area contributed by atoms with Gasteiger partial charge in [-0.25, -0.2) is 0 Å². The number of benzene rings is 1. The van der Waals surface area contributed by atoms with Gasteiger partial charge in [0, 0.05) is 12.6 Å². The number of nitrogens with zero attached hydrogens (tertiary/aromatic N) is 3. The van der Waals surface area contributed by atoms with E-state index in [0.717, 1.165) is 13.0 Å². The van der Waals surface area contributed by atoms with Crippen LogP contribution < -0.4 is 5.32 Å². The molecule has 0 spiro atoms. The standard InChI is InChI=1S/C21H36N4O/c1-23(2)20(18-10-6-5-7-11-18)16-22-21(26)17-24(3)15-13-19-12-8-9-14-25(19)4/h5-7,10-11,19-20H,8-9,12-17H2,1-4H3,(H,22,26)/t19-,20+/m0/s1. The van der Waals surface area contributed by atoms with E-state index in [1.807, 2.05) is 25.2 Å². The molecule has 0 unspecified atom stereocenters. The summed E-state index contributed by atoms with van der Waals surface area (Å²) in [5.74, 6) is 0.104. The Morgan fingerprint density at radius 1 is 1.23 bits per heavy atom. The van der Waals surface area contributed by atoms with E-state index in [2.05, 4.69) is 53.3 Å². The van der Waals surface area contributed by atoms with Crippen LogP contribution in [-0.4, -0.2) is 81.0 Å². The fourth-order valence-electron chi connectivity index (χ4n) is 3.74. The second kappa shape index (κ2) is 10.7. The Morgan fingerprint density at radius 2 is 1.96 bits per heavy atom. The predicted octanol–water partition coefficient (Wildman–Crippen LogP) is 2.21. The van der Waals surface area contributed by atoms with Crippen LogP contribution in [0.3, 0.4) is 0 Å². The van der Waals surface area contributed by atoms with Gasteiger partial charge >= 0.3 is 0 Å². The summed E-state index contributed by atoms with van der Waals surface area (Å²) in [7, 11) is 8.37. The van der Waals surface area contributed by atoms with Crippen molar-refractivity contribution in [3.63, 3.8) is 0 Å². The molecule has 0 aliphatic carbocycles. The van der Waals surface area contributed by atoms with E-state index >= 15 is 0 Å². The minimum Gasteiger partial charge on any atom is -0.353 e. The average Bonchev–Trinajstić information content (AvgIpc) is 2.62. The fraction of sp³-hybridized carbons (Fsp3) is 0.667. The molecule has 1 saturated heterocycles. The number of hydrogen-bond donors (Lipinski definition) is 1. The average molecular weight is 361 g/mol. The Bertz CT molecular complexity index is 534. The molecular weight excluding hydrogens is 324 g/mol. The molecule has 5 nitrogen and oxygen atoms in total. The number of nitrogens with one attached hydrogen (secondary N) is 1. The molecule has 2 rings (SSSR count). The molecule has 1 fully saturated rings. The topological polar surface area (TPSA) is 38.8 Å². The molecule has 0 saturated carbocycles. The van der Waals surface area contributed by atoms with Crippen molar-refractivity contribution in [3.05, 3.63) is 35.9 Å². The highest BCUT2D eigenvalue weighted by Crippen LogP contribution is 2.18. The lowest BCUT2D eigenvalue weighted by molar-refractivity contribution is -0.122. The first-order valence-corrected chi connectivity index (χ1v) is 9.84. The minimum atomic E-state index is 0.104. The van der Waals surface area contributed by atoms with Gasteiger partial charge in [0.05, 0.1) is 12.6 Å². The van der Waals surface area contributed by atoms with Gasteiger partial charge in [0.25, 0.3) is 0 Å². The highest BCUT2D eigenvalue weighted by molar-refractivity contribution is 5.78. The second-order valence-corrected chi connectivity index (χ2v) is 7.85. The summed E-state index contributed by atoms with van der Waals surface area (Å²) in [5.41, 5.74) is 1.23. The van der Waals surface area contributed by atoms with Crippen LogP contribution in [-0.2, 0) is 4.79 Å². The number of likely N-dealkylation sites (N-methyl/N-ethyl adjacent to an activating group) is 2. The minimum absolute atomic E-state index is 0.104. The molecule has 1 aliphatic heterocycles. The first-order valence-electron chi connectivity index (χ1n) is 9.84. The quantitative estimate of drug-likeness (QED) is 0.733. The number of hydrogen-bond acceptors (Lipinski definition) is 4. The zero-order chi connectivity index (χ0) is 18.9. The third-order valence-electron chi connectivity index (χ3n) is 5.48. The van der Waals surface area contributed by atoms with Crippen LogP contribution in [0.5, 0.6) is 0 Å². The van der Waals surface area contributed by atoms with Gasteiger partial charge in [-0.15, -0.1) is 0 Å². The monoisotopic (exact) mass is 360 g/mol. The summed E-state index contributed by atoms with van der Waals surface area (Å²) in [6.45, 7) is 3.28. The van der Waals surface area contributed by atoms with Crippen LogP contribution in [0.15, 0.2) is 30.3 Å². The zero-order valence-electron chi connectivity index (χ0n) is 16.9. The van der Waals surface area contributed by atoms with Gasteiger partial charge in [-0.2, -0.15) is 0 Å². The molecule has 1 amide bonds. The van der Waals surface area contributed by atoms with Crippen molar-refractivity contribution >= 4 is 5.91 Å². The van der Waals surface area contributed by atoms with Gasteiger partial charge in [0.15, 0.2) is 0 Å². The summed E-state index contributed by atoms with van der Waals surface area (Å²) >= 11 is 0. The van der Waals surface area contributed by atoms with Crippen molar-refractivity contribution in [1.29, 1.82) is 0 Å². The number of amides is 1. The molecule has 5 heteroatoms. The van der Waals surface area contributed by atoms with E-state index in [9.17, 15) is 4.79 Å². The molecule has 0 radical (unpaired) electrons. The Hall–Kier alpha value is -1.43. The van der Waals surface area contributed by atoms with E-state index in [0.29, 0.717) is 19.1 Å². The number of carbonyl (C=O) groups is 1. The summed E-state index contributed by atoms with van der Waals surface area (Å²) in [6.07, 6.45) is 5.09. The lowest BCUT2D eigenvalue weighted by Crippen LogP contribution is -2.42. The Kier molecular flexibility index (Phi) is 8.55. The molecule has 1 heterocycles. The largest absolute Gasteiger partial charge is 0.353 e. The lowest BCUT2D eigenvalue weighted by atomic mass is 10.00. The van der Waals surface area contributed by atoms with Crippen LogP contribution in [0.1, 0.15) is 37.3 Å². The van der Waals surface area contributed by atoms with Crippen LogP contribution in [0.2, 0.25) is 0 Å². The van der Waals surface area contributed by atoms with Crippen molar-refractivity contribution in [2.75, 3.05) is 54.4 Å². The summed E-state index contributed by atoms with van der Waals surface area (Å²) in [6, 6.07) is 11.2. The molecule has 146 valence electrons. The van der Waals surface area contributed by atoms with Gasteiger partial charge in [0.2, 0.25) is 5.91 Å². The van der Waals surface area contributed by atoms with Gasteiger partial charge < -0.3 is 15.1 Å². The van der Waals surface area contributed by atoms with Crippen LogP contribution >= 0.6 is 0 Å². The Balaban J connectivity index is 1.73. The molecule has 0 aromatic heterocycles. The van der Waals surface area contributed by atoms with Gasteiger partial charge in [-0.05, 0) is 66.1 Å². The normalized spacial score (nSPS) is 19.7. The molecular formula is C21H36N4O. The summed E-state index contributed by atoms with van der Waals surface area (Å²) in [5, 5.41) is 3.11. The molecule has 26 heavy (non-hydrogen) atoms.